The van der Waals surface area contributed by atoms with Gasteiger partial charge in [0.25, 0.3) is 5.91 Å². The van der Waals surface area contributed by atoms with Gasteiger partial charge in [0.05, 0.1) is 12.0 Å². The van der Waals surface area contributed by atoms with Crippen molar-refractivity contribution in [2.75, 3.05) is 17.7 Å². The smallest absolute Gasteiger partial charge is 0.325 e. The van der Waals surface area contributed by atoms with E-state index in [9.17, 15) is 23.2 Å². The number of hydrogen-bond donors (Lipinski definition) is 2. The molecular weight excluding hydrogens is 484 g/mol. The Morgan fingerprint density at radius 3 is 2.59 bits per heavy atom. The molecule has 3 heterocycles. The van der Waals surface area contributed by atoms with Gasteiger partial charge in [-0.05, 0) is 48.7 Å². The monoisotopic (exact) mass is 511 g/mol. The lowest BCUT2D eigenvalue weighted by Crippen LogP contribution is -2.70. The number of nitrogens with zero attached hydrogens (tertiary/aromatic N) is 5. The number of aryl methyl sites for hydroxylation is 1. The second-order valence-corrected chi connectivity index (χ2v) is 8.86. The second-order valence-electron chi connectivity index (χ2n) is 8.86. The van der Waals surface area contributed by atoms with E-state index in [1.807, 2.05) is 0 Å². The molecule has 1 unspecified atom stereocenters. The number of benzene rings is 1. The number of carbonyl (C=O) groups is 3. The van der Waals surface area contributed by atoms with Gasteiger partial charge in [0, 0.05) is 38.2 Å². The first-order chi connectivity index (χ1) is 17.6. The average molecular weight is 512 g/mol. The van der Waals surface area contributed by atoms with Crippen LogP contribution in [0.15, 0.2) is 48.9 Å². The van der Waals surface area contributed by atoms with Crippen LogP contribution < -0.4 is 16.0 Å². The molecule has 10 nitrogen and oxygen atoms in total. The molecule has 3 N–H and O–H groups in total. The zero-order chi connectivity index (χ0) is 26.9. The Hall–Kier alpha value is -4.35. The van der Waals surface area contributed by atoms with E-state index < -0.39 is 47.5 Å². The summed E-state index contributed by atoms with van der Waals surface area (Å²) < 4.78 is 29.8. The quantitative estimate of drug-likeness (QED) is 0.470. The lowest BCUT2D eigenvalue weighted by molar-refractivity contribution is -0.156. The Balaban J connectivity index is 1.62. The fourth-order valence-electron chi connectivity index (χ4n) is 4.51. The number of imide groups is 1. The van der Waals surface area contributed by atoms with Gasteiger partial charge in [-0.15, -0.1) is 0 Å². The molecule has 37 heavy (non-hydrogen) atoms. The van der Waals surface area contributed by atoms with Crippen LogP contribution in [0, 0.1) is 17.6 Å². The van der Waals surface area contributed by atoms with E-state index in [-0.39, 0.29) is 24.2 Å². The Morgan fingerprint density at radius 1 is 1.19 bits per heavy atom. The number of urea groups is 1. The van der Waals surface area contributed by atoms with Gasteiger partial charge < -0.3 is 15.6 Å². The Morgan fingerprint density at radius 2 is 1.95 bits per heavy atom. The van der Waals surface area contributed by atoms with Crippen LogP contribution in [0.1, 0.15) is 30.5 Å². The molecule has 12 heteroatoms. The molecular formula is C25H27F2N7O3. The lowest BCUT2D eigenvalue weighted by Gasteiger charge is -2.45. The molecule has 0 aliphatic carbocycles. The highest BCUT2D eigenvalue weighted by Gasteiger charge is 2.55. The topological polar surface area (TPSA) is 126 Å². The van der Waals surface area contributed by atoms with E-state index in [1.165, 1.54) is 24.3 Å². The third kappa shape index (κ3) is 4.99. The largest absolute Gasteiger partial charge is 0.384 e. The van der Waals surface area contributed by atoms with Gasteiger partial charge in [-0.25, -0.2) is 23.5 Å². The van der Waals surface area contributed by atoms with E-state index in [0.29, 0.717) is 11.5 Å². The number of carbonyl (C=O) groups excluding carboxylic acids is 3. The molecule has 3 aromatic rings. The lowest BCUT2D eigenvalue weighted by atomic mass is 9.81. The third-order valence-electron chi connectivity index (χ3n) is 6.45. The van der Waals surface area contributed by atoms with E-state index in [2.05, 4.69) is 15.3 Å². The molecule has 1 aliphatic rings. The van der Waals surface area contributed by atoms with Gasteiger partial charge in [0.1, 0.15) is 23.5 Å². The number of nitrogens with two attached hydrogens (primary N) is 1. The number of likely N-dealkylation sites (tertiary alicyclic amines) is 1. The van der Waals surface area contributed by atoms with Gasteiger partial charge in [0.2, 0.25) is 11.9 Å². The van der Waals surface area contributed by atoms with Crippen LogP contribution in [0.3, 0.4) is 0 Å². The summed E-state index contributed by atoms with van der Waals surface area (Å²) in [5.41, 5.74) is 6.38. The summed E-state index contributed by atoms with van der Waals surface area (Å²) in [6.07, 6.45) is 5.04. The number of halogens is 2. The molecule has 0 bridgehead atoms. The van der Waals surface area contributed by atoms with E-state index in [1.54, 1.807) is 36.9 Å². The van der Waals surface area contributed by atoms with Crippen LogP contribution in [-0.4, -0.2) is 50.4 Å². The van der Waals surface area contributed by atoms with Crippen LogP contribution in [0.2, 0.25) is 0 Å². The number of hydrogen-bond acceptors (Lipinski definition) is 6. The molecule has 1 saturated heterocycles. The van der Waals surface area contributed by atoms with Gasteiger partial charge in [0.15, 0.2) is 0 Å². The highest BCUT2D eigenvalue weighted by atomic mass is 19.1. The summed E-state index contributed by atoms with van der Waals surface area (Å²) in [6.45, 7) is 1.68. The molecule has 0 saturated carbocycles. The van der Waals surface area contributed by atoms with Crippen LogP contribution in [0.5, 0.6) is 0 Å². The fourth-order valence-corrected chi connectivity index (χ4v) is 4.51. The highest BCUT2D eigenvalue weighted by molar-refractivity contribution is 6.12. The molecule has 0 spiro atoms. The predicted molar refractivity (Wildman–Crippen MR) is 131 cm³/mol. The average Bonchev–Trinajstić information content (AvgIpc) is 3.30. The van der Waals surface area contributed by atoms with Crippen LogP contribution in [0.25, 0.3) is 0 Å². The van der Waals surface area contributed by atoms with E-state index >= 15 is 0 Å². The van der Waals surface area contributed by atoms with Crippen LogP contribution in [0.4, 0.5) is 25.3 Å². The molecule has 0 radical (unpaired) electrons. The molecule has 1 fully saturated rings. The van der Waals surface area contributed by atoms with Crippen molar-refractivity contribution in [1.82, 2.24) is 24.8 Å². The van der Waals surface area contributed by atoms with Gasteiger partial charge in [-0.3, -0.25) is 19.4 Å². The van der Waals surface area contributed by atoms with Crippen molar-refractivity contribution in [3.05, 3.63) is 71.7 Å². The maximum atomic E-state index is 14.4. The van der Waals surface area contributed by atoms with Gasteiger partial charge >= 0.3 is 6.03 Å². The zero-order valence-electron chi connectivity index (χ0n) is 20.6. The number of imidazole rings is 1. The summed E-state index contributed by atoms with van der Waals surface area (Å²) in [5, 5.41) is 2.58. The van der Waals surface area contributed by atoms with Crippen LogP contribution >= 0.6 is 0 Å². The summed E-state index contributed by atoms with van der Waals surface area (Å²) >= 11 is 0. The van der Waals surface area contributed by atoms with E-state index in [4.69, 9.17) is 5.73 Å². The van der Waals surface area contributed by atoms with Crippen molar-refractivity contribution in [2.45, 2.75) is 31.8 Å². The standard InChI is InChI=1S/C25H27F2N7O3/c1-4-19(16-13-15(26)5-6-18(16)27)31-25(37)34-21(23(36)33(3)24-30-9-10-32(24)2)17(22(34)35)11-14-7-8-29-20(28)12-14/h5-10,12-13,17,19,21H,4,11H2,1-3H3,(H2,28,29)(H,31,37)/t17?,19-,21-/m0/s1. The number of nitrogens with one attached hydrogen (secondary N) is 1. The SMILES string of the molecule is CC[C@H](NC(=O)N1C(=O)C(Cc2ccnc(N)c2)[C@H]1C(=O)N(C)c1nccn1C)c1cc(F)ccc1F. The first-order valence-corrected chi connectivity index (χ1v) is 11.7. The van der Waals surface area contributed by atoms with Crippen molar-refractivity contribution in [3.63, 3.8) is 0 Å². The van der Waals surface area contributed by atoms with Crippen LogP contribution in [-0.2, 0) is 23.1 Å². The Labute approximate surface area is 212 Å². The van der Waals surface area contributed by atoms with Gasteiger partial charge in [-0.2, -0.15) is 0 Å². The summed E-state index contributed by atoms with van der Waals surface area (Å²) in [5.74, 6) is -2.73. The molecule has 4 amide bonds. The third-order valence-corrected chi connectivity index (χ3v) is 6.45. The van der Waals surface area contributed by atoms with E-state index in [0.717, 1.165) is 23.1 Å². The second kappa shape index (κ2) is 10.3. The number of β-lactam (4-membered cyclic amide) rings is 1. The van der Waals surface area contributed by atoms with Crippen molar-refractivity contribution >= 4 is 29.6 Å². The summed E-state index contributed by atoms with van der Waals surface area (Å²) in [6, 6.07) is 3.27. The predicted octanol–water partition coefficient (Wildman–Crippen LogP) is 2.57. The Kier molecular flexibility index (Phi) is 7.18. The first kappa shape index (κ1) is 25.7. The molecule has 1 aromatic carbocycles. The number of rotatable bonds is 7. The number of likely N-dealkylation sites (N-methyl/N-ethyl adjacent to an activating group) is 1. The van der Waals surface area contributed by atoms with Crippen molar-refractivity contribution in [3.8, 4) is 0 Å². The fraction of sp³-hybridized carbons (Fsp3) is 0.320. The van der Waals surface area contributed by atoms with Gasteiger partial charge in [-0.1, -0.05) is 6.92 Å². The minimum absolute atomic E-state index is 0.0550. The first-order valence-electron chi connectivity index (χ1n) is 11.7. The van der Waals surface area contributed by atoms with Crippen molar-refractivity contribution in [1.29, 1.82) is 0 Å². The minimum Gasteiger partial charge on any atom is -0.384 e. The molecule has 1 aliphatic heterocycles. The maximum absolute atomic E-state index is 14.4. The molecule has 194 valence electrons. The molecule has 2 aromatic heterocycles. The molecule has 4 rings (SSSR count). The van der Waals surface area contributed by atoms with Crippen molar-refractivity contribution in [2.24, 2.45) is 13.0 Å². The zero-order valence-corrected chi connectivity index (χ0v) is 20.6. The Bertz CT molecular complexity index is 1350. The minimum atomic E-state index is -1.15. The number of nitrogen functional groups attached to an aromatic ring is 1. The molecule has 3 atom stereocenters. The normalized spacial score (nSPS) is 17.8. The van der Waals surface area contributed by atoms with Crippen molar-refractivity contribution < 1.29 is 23.2 Å². The number of pyridine rings is 1. The number of anilines is 2. The number of amides is 4. The summed E-state index contributed by atoms with van der Waals surface area (Å²) in [7, 11) is 3.21. The number of aromatic nitrogens is 3. The maximum Gasteiger partial charge on any atom is 0.325 e. The highest BCUT2D eigenvalue weighted by Crippen LogP contribution is 2.33. The summed E-state index contributed by atoms with van der Waals surface area (Å²) in [4.78, 5) is 50.3.